The van der Waals surface area contributed by atoms with Crippen molar-refractivity contribution >= 4 is 5.91 Å². The van der Waals surface area contributed by atoms with E-state index in [2.05, 4.69) is 15.1 Å². The van der Waals surface area contributed by atoms with Gasteiger partial charge in [0.1, 0.15) is 11.6 Å². The van der Waals surface area contributed by atoms with E-state index in [0.29, 0.717) is 24.5 Å². The molecule has 1 atom stereocenters. The van der Waals surface area contributed by atoms with Crippen molar-refractivity contribution in [3.8, 4) is 11.6 Å². The monoisotopic (exact) mass is 377 g/mol. The fourth-order valence-corrected chi connectivity index (χ4v) is 3.45. The Morgan fingerprint density at radius 3 is 2.79 bits per heavy atom. The minimum Gasteiger partial charge on any atom is -0.439 e. The molecule has 144 valence electrons. The maximum absolute atomic E-state index is 12.7. The Bertz CT molecular complexity index is 1010. The number of para-hydroxylation sites is 1. The van der Waals surface area contributed by atoms with E-state index in [4.69, 9.17) is 4.74 Å². The van der Waals surface area contributed by atoms with E-state index in [0.717, 1.165) is 29.3 Å². The van der Waals surface area contributed by atoms with Crippen molar-refractivity contribution in [3.63, 3.8) is 0 Å². The Hall–Kier alpha value is -3.22. The molecule has 1 aromatic carbocycles. The van der Waals surface area contributed by atoms with Crippen LogP contribution in [0.25, 0.3) is 0 Å². The van der Waals surface area contributed by atoms with Gasteiger partial charge in [-0.2, -0.15) is 10.1 Å². The van der Waals surface area contributed by atoms with E-state index in [9.17, 15) is 4.79 Å². The molecule has 0 bridgehead atoms. The molecule has 0 spiro atoms. The molecule has 1 amide bonds. The highest BCUT2D eigenvalue weighted by Crippen LogP contribution is 2.29. The number of likely N-dealkylation sites (tertiary alicyclic amines) is 1. The summed E-state index contributed by atoms with van der Waals surface area (Å²) in [6, 6.07) is 9.68. The first kappa shape index (κ1) is 18.2. The number of ether oxygens (including phenoxy) is 1. The number of hydrogen-bond donors (Lipinski definition) is 0. The van der Waals surface area contributed by atoms with Gasteiger partial charge in [0, 0.05) is 44.0 Å². The lowest BCUT2D eigenvalue weighted by Gasteiger charge is -2.16. The van der Waals surface area contributed by atoms with Crippen LogP contribution in [0.15, 0.2) is 42.7 Å². The minimum absolute atomic E-state index is 0.000336. The SMILES string of the molecule is Cc1cc(Oc2ccccc2C)nc(C2CCN(C(=O)c3cnn(C)c3)C2)n1. The fourth-order valence-electron chi connectivity index (χ4n) is 3.45. The van der Waals surface area contributed by atoms with Crippen molar-refractivity contribution in [3.05, 3.63) is 65.4 Å². The maximum atomic E-state index is 12.7. The Morgan fingerprint density at radius 2 is 2.04 bits per heavy atom. The van der Waals surface area contributed by atoms with Gasteiger partial charge in [-0.3, -0.25) is 9.48 Å². The van der Waals surface area contributed by atoms with Crippen molar-refractivity contribution in [2.24, 2.45) is 7.05 Å². The zero-order valence-corrected chi connectivity index (χ0v) is 16.3. The first-order chi connectivity index (χ1) is 13.5. The van der Waals surface area contributed by atoms with Gasteiger partial charge < -0.3 is 9.64 Å². The lowest BCUT2D eigenvalue weighted by molar-refractivity contribution is 0.0790. The van der Waals surface area contributed by atoms with Gasteiger partial charge in [0.05, 0.1) is 11.8 Å². The third-order valence-corrected chi connectivity index (χ3v) is 4.95. The van der Waals surface area contributed by atoms with Crippen LogP contribution in [0.4, 0.5) is 0 Å². The number of carbonyl (C=O) groups is 1. The van der Waals surface area contributed by atoms with Crippen molar-refractivity contribution in [1.82, 2.24) is 24.6 Å². The van der Waals surface area contributed by atoms with Crippen LogP contribution >= 0.6 is 0 Å². The Morgan fingerprint density at radius 1 is 1.21 bits per heavy atom. The lowest BCUT2D eigenvalue weighted by atomic mass is 10.1. The highest BCUT2D eigenvalue weighted by atomic mass is 16.5. The van der Waals surface area contributed by atoms with E-state index in [1.807, 2.05) is 49.1 Å². The molecule has 7 nitrogen and oxygen atoms in total. The Kier molecular flexibility index (Phi) is 4.81. The molecule has 7 heteroatoms. The zero-order valence-electron chi connectivity index (χ0n) is 16.3. The summed E-state index contributed by atoms with van der Waals surface area (Å²) in [5, 5.41) is 4.08. The molecule has 4 rings (SSSR count). The number of rotatable bonds is 4. The van der Waals surface area contributed by atoms with E-state index in [-0.39, 0.29) is 11.8 Å². The van der Waals surface area contributed by atoms with Crippen LogP contribution in [0.5, 0.6) is 11.6 Å². The summed E-state index contributed by atoms with van der Waals surface area (Å²) >= 11 is 0. The van der Waals surface area contributed by atoms with Crippen LogP contribution in [0.1, 0.15) is 39.8 Å². The number of aryl methyl sites for hydroxylation is 3. The third kappa shape index (κ3) is 3.74. The molecule has 0 aliphatic carbocycles. The summed E-state index contributed by atoms with van der Waals surface area (Å²) in [7, 11) is 1.81. The number of aromatic nitrogens is 4. The molecule has 1 saturated heterocycles. The standard InChI is InChI=1S/C21H23N5O2/c1-14-6-4-5-7-18(14)28-19-10-15(2)23-20(24-19)16-8-9-26(13-16)21(27)17-11-22-25(3)12-17/h4-7,10-12,16H,8-9,13H2,1-3H3. The number of carbonyl (C=O) groups excluding carboxylic acids is 1. The molecule has 1 fully saturated rings. The number of amides is 1. The van der Waals surface area contributed by atoms with E-state index in [1.54, 1.807) is 24.1 Å². The van der Waals surface area contributed by atoms with Crippen molar-refractivity contribution < 1.29 is 9.53 Å². The topological polar surface area (TPSA) is 73.1 Å². The van der Waals surface area contributed by atoms with Crippen LogP contribution in [-0.4, -0.2) is 43.6 Å². The van der Waals surface area contributed by atoms with E-state index in [1.165, 1.54) is 0 Å². The molecule has 1 aliphatic heterocycles. The molecular weight excluding hydrogens is 354 g/mol. The molecule has 1 aliphatic rings. The molecule has 28 heavy (non-hydrogen) atoms. The van der Waals surface area contributed by atoms with Crippen molar-refractivity contribution in [2.75, 3.05) is 13.1 Å². The summed E-state index contributed by atoms with van der Waals surface area (Å²) in [6.45, 7) is 5.22. The average Bonchev–Trinajstić information content (AvgIpc) is 3.32. The van der Waals surface area contributed by atoms with Gasteiger partial charge in [0.2, 0.25) is 5.88 Å². The summed E-state index contributed by atoms with van der Waals surface area (Å²) in [4.78, 5) is 23.7. The molecule has 0 saturated carbocycles. The molecule has 3 heterocycles. The Labute approximate surface area is 164 Å². The highest BCUT2D eigenvalue weighted by Gasteiger charge is 2.30. The van der Waals surface area contributed by atoms with Crippen LogP contribution in [0, 0.1) is 13.8 Å². The molecule has 3 aromatic rings. The first-order valence-electron chi connectivity index (χ1n) is 9.36. The normalized spacial score (nSPS) is 16.4. The van der Waals surface area contributed by atoms with Gasteiger partial charge in [-0.05, 0) is 31.9 Å². The van der Waals surface area contributed by atoms with E-state index >= 15 is 0 Å². The largest absolute Gasteiger partial charge is 0.439 e. The average molecular weight is 377 g/mol. The van der Waals surface area contributed by atoms with Crippen LogP contribution in [-0.2, 0) is 7.05 Å². The third-order valence-electron chi connectivity index (χ3n) is 4.95. The highest BCUT2D eigenvalue weighted by molar-refractivity contribution is 5.93. The fraction of sp³-hybridized carbons (Fsp3) is 0.333. The summed E-state index contributed by atoms with van der Waals surface area (Å²) in [5.74, 6) is 2.14. The predicted octanol–water partition coefficient (Wildman–Crippen LogP) is 3.25. The van der Waals surface area contributed by atoms with E-state index < -0.39 is 0 Å². The number of nitrogens with zero attached hydrogens (tertiary/aromatic N) is 5. The molecular formula is C21H23N5O2. The van der Waals surface area contributed by atoms with Gasteiger partial charge in [-0.25, -0.2) is 4.98 Å². The maximum Gasteiger partial charge on any atom is 0.257 e. The molecule has 1 unspecified atom stereocenters. The Balaban J connectivity index is 1.51. The smallest absolute Gasteiger partial charge is 0.257 e. The van der Waals surface area contributed by atoms with Gasteiger partial charge in [-0.15, -0.1) is 0 Å². The predicted molar refractivity (Wildman–Crippen MR) is 104 cm³/mol. The second-order valence-corrected chi connectivity index (χ2v) is 7.21. The minimum atomic E-state index is -0.000336. The molecule has 2 aromatic heterocycles. The van der Waals surface area contributed by atoms with Crippen LogP contribution < -0.4 is 4.74 Å². The second-order valence-electron chi connectivity index (χ2n) is 7.21. The molecule has 0 radical (unpaired) electrons. The molecule has 0 N–H and O–H groups in total. The summed E-state index contributed by atoms with van der Waals surface area (Å²) < 4.78 is 7.63. The summed E-state index contributed by atoms with van der Waals surface area (Å²) in [6.07, 6.45) is 4.18. The number of hydrogen-bond acceptors (Lipinski definition) is 5. The van der Waals surface area contributed by atoms with Crippen molar-refractivity contribution in [1.29, 1.82) is 0 Å². The summed E-state index contributed by atoms with van der Waals surface area (Å²) in [5.41, 5.74) is 2.51. The lowest BCUT2D eigenvalue weighted by Crippen LogP contribution is -2.28. The van der Waals surface area contributed by atoms with Gasteiger partial charge >= 0.3 is 0 Å². The van der Waals surface area contributed by atoms with Crippen LogP contribution in [0.3, 0.4) is 0 Å². The number of benzene rings is 1. The van der Waals surface area contributed by atoms with Gasteiger partial charge in [0.25, 0.3) is 5.91 Å². The van der Waals surface area contributed by atoms with Crippen molar-refractivity contribution in [2.45, 2.75) is 26.2 Å². The van der Waals surface area contributed by atoms with Gasteiger partial charge in [0.15, 0.2) is 0 Å². The second kappa shape index (κ2) is 7.42. The van der Waals surface area contributed by atoms with Crippen LogP contribution in [0.2, 0.25) is 0 Å². The van der Waals surface area contributed by atoms with Gasteiger partial charge in [-0.1, -0.05) is 18.2 Å². The quantitative estimate of drug-likeness (QED) is 0.698. The zero-order chi connectivity index (χ0) is 19.7. The first-order valence-corrected chi connectivity index (χ1v) is 9.36.